The highest BCUT2D eigenvalue weighted by Gasteiger charge is 2.31. The number of rotatable bonds is 5. The average molecular weight is 378 g/mol. The van der Waals surface area contributed by atoms with Crippen LogP contribution in [0.1, 0.15) is 22.7 Å². The van der Waals surface area contributed by atoms with Crippen LogP contribution in [0.2, 0.25) is 0 Å². The lowest BCUT2D eigenvalue weighted by Crippen LogP contribution is -2.36. The minimum Gasteiger partial charge on any atom is -0.444 e. The molecule has 3 aromatic rings. The van der Waals surface area contributed by atoms with Crippen LogP contribution < -0.4 is 5.73 Å². The molecule has 0 spiro atoms. The third kappa shape index (κ3) is 3.86. The van der Waals surface area contributed by atoms with Gasteiger partial charge < -0.3 is 15.1 Å². The van der Waals surface area contributed by atoms with Crippen molar-refractivity contribution in [1.82, 2.24) is 24.8 Å². The minimum absolute atomic E-state index is 0.109. The van der Waals surface area contributed by atoms with E-state index < -0.39 is 0 Å². The maximum Gasteiger partial charge on any atom is 0.275 e. The second-order valence-electron chi connectivity index (χ2n) is 6.91. The summed E-state index contributed by atoms with van der Waals surface area (Å²) in [5, 5.41) is 0. The molecule has 8 nitrogen and oxygen atoms in total. The number of hydrogen-bond donors (Lipinski definition) is 1. The molecule has 0 saturated carbocycles. The number of oxazole rings is 1. The predicted octanol–water partition coefficient (Wildman–Crippen LogP) is 2.06. The fourth-order valence-electron chi connectivity index (χ4n) is 3.38. The van der Waals surface area contributed by atoms with Gasteiger partial charge in [0.05, 0.1) is 6.54 Å². The Hall–Kier alpha value is -3.26. The van der Waals surface area contributed by atoms with E-state index in [-0.39, 0.29) is 11.9 Å². The number of nitrogens with zero attached hydrogens (tertiary/aromatic N) is 5. The van der Waals surface area contributed by atoms with Crippen LogP contribution in [0.25, 0.3) is 11.5 Å². The van der Waals surface area contributed by atoms with Crippen molar-refractivity contribution in [3.8, 4) is 11.5 Å². The molecule has 1 aliphatic rings. The second-order valence-corrected chi connectivity index (χ2v) is 6.91. The molecule has 1 unspecified atom stereocenters. The lowest BCUT2D eigenvalue weighted by atomic mass is 10.2. The van der Waals surface area contributed by atoms with Crippen LogP contribution in [0, 0.1) is 0 Å². The summed E-state index contributed by atoms with van der Waals surface area (Å²) in [6, 6.07) is 11.4. The van der Waals surface area contributed by atoms with Crippen LogP contribution in [0.4, 0.5) is 5.82 Å². The van der Waals surface area contributed by atoms with Gasteiger partial charge in [-0.25, -0.2) is 15.0 Å². The molecule has 1 saturated heterocycles. The van der Waals surface area contributed by atoms with Crippen molar-refractivity contribution in [3.63, 3.8) is 0 Å². The summed E-state index contributed by atoms with van der Waals surface area (Å²) in [6.45, 7) is 1.89. The molecular formula is C20H22N6O2. The number of nitrogens with two attached hydrogens (primary N) is 1. The Balaban J connectivity index is 1.38. The Bertz CT molecular complexity index is 958. The molecular weight excluding hydrogens is 356 g/mol. The number of anilines is 1. The molecule has 0 radical (unpaired) electrons. The Kier molecular flexibility index (Phi) is 5.03. The predicted molar refractivity (Wildman–Crippen MR) is 104 cm³/mol. The van der Waals surface area contributed by atoms with Crippen molar-refractivity contribution in [2.75, 3.05) is 25.9 Å². The number of likely N-dealkylation sites (N-methyl/N-ethyl adjacent to an activating group) is 1. The lowest BCUT2D eigenvalue weighted by Gasteiger charge is -2.23. The summed E-state index contributed by atoms with van der Waals surface area (Å²) in [5.74, 6) is 1.48. The second kappa shape index (κ2) is 7.77. The van der Waals surface area contributed by atoms with Gasteiger partial charge in [-0.1, -0.05) is 18.2 Å². The molecule has 28 heavy (non-hydrogen) atoms. The van der Waals surface area contributed by atoms with Crippen LogP contribution in [0.15, 0.2) is 53.3 Å². The van der Waals surface area contributed by atoms with Gasteiger partial charge in [-0.2, -0.15) is 0 Å². The van der Waals surface area contributed by atoms with E-state index in [1.807, 2.05) is 42.3 Å². The van der Waals surface area contributed by atoms with Gasteiger partial charge in [0, 0.05) is 30.9 Å². The summed E-state index contributed by atoms with van der Waals surface area (Å²) >= 11 is 0. The van der Waals surface area contributed by atoms with Gasteiger partial charge >= 0.3 is 0 Å². The SMILES string of the molecule is CN(Cc1nccc(N)n1)C1CCN(C(=O)c2coc(-c3ccccc3)n2)C1. The summed E-state index contributed by atoms with van der Waals surface area (Å²) in [4.78, 5) is 29.6. The number of likely N-dealkylation sites (tertiary alicyclic amines) is 1. The van der Waals surface area contributed by atoms with Gasteiger partial charge in [0.25, 0.3) is 5.91 Å². The topological polar surface area (TPSA) is 101 Å². The van der Waals surface area contributed by atoms with Crippen LogP contribution in [-0.4, -0.2) is 56.8 Å². The van der Waals surface area contributed by atoms with E-state index in [1.165, 1.54) is 6.26 Å². The quantitative estimate of drug-likeness (QED) is 0.725. The van der Waals surface area contributed by atoms with Crippen molar-refractivity contribution in [1.29, 1.82) is 0 Å². The Morgan fingerprint density at radius 1 is 1.29 bits per heavy atom. The highest BCUT2D eigenvalue weighted by atomic mass is 16.3. The average Bonchev–Trinajstić information content (AvgIpc) is 3.38. The molecule has 1 atom stereocenters. The highest BCUT2D eigenvalue weighted by molar-refractivity contribution is 5.92. The smallest absolute Gasteiger partial charge is 0.275 e. The van der Waals surface area contributed by atoms with E-state index in [4.69, 9.17) is 10.2 Å². The zero-order valence-electron chi connectivity index (χ0n) is 15.7. The molecule has 0 aliphatic carbocycles. The number of carbonyl (C=O) groups excluding carboxylic acids is 1. The highest BCUT2D eigenvalue weighted by Crippen LogP contribution is 2.21. The van der Waals surface area contributed by atoms with Crippen molar-refractivity contribution >= 4 is 11.7 Å². The zero-order valence-corrected chi connectivity index (χ0v) is 15.7. The first kappa shape index (κ1) is 18.1. The largest absolute Gasteiger partial charge is 0.444 e. The van der Waals surface area contributed by atoms with Crippen LogP contribution in [0.3, 0.4) is 0 Å². The fourth-order valence-corrected chi connectivity index (χ4v) is 3.38. The molecule has 2 aromatic heterocycles. The fraction of sp³-hybridized carbons (Fsp3) is 0.300. The molecule has 2 N–H and O–H groups in total. The Labute approximate surface area is 163 Å². The van der Waals surface area contributed by atoms with E-state index in [0.717, 1.165) is 12.0 Å². The van der Waals surface area contributed by atoms with Crippen molar-refractivity contribution in [3.05, 3.63) is 60.4 Å². The summed E-state index contributed by atoms with van der Waals surface area (Å²) < 4.78 is 5.50. The first-order valence-electron chi connectivity index (χ1n) is 9.18. The molecule has 8 heteroatoms. The third-order valence-electron chi connectivity index (χ3n) is 4.94. The number of benzene rings is 1. The minimum atomic E-state index is -0.109. The van der Waals surface area contributed by atoms with E-state index in [1.54, 1.807) is 12.3 Å². The van der Waals surface area contributed by atoms with Gasteiger partial charge in [0.2, 0.25) is 5.89 Å². The number of nitrogen functional groups attached to an aromatic ring is 1. The molecule has 1 fully saturated rings. The molecule has 1 aromatic carbocycles. The molecule has 1 aliphatic heterocycles. The summed E-state index contributed by atoms with van der Waals surface area (Å²) in [7, 11) is 2.01. The van der Waals surface area contributed by atoms with Gasteiger partial charge in [-0.15, -0.1) is 0 Å². The standard InChI is InChI=1S/C20H22N6O2/c1-25(12-18-22-9-7-17(21)24-18)15-8-10-26(11-15)20(27)16-13-28-19(23-16)14-5-3-2-4-6-14/h2-7,9,13,15H,8,10-12H2,1H3,(H2,21,22,24). The number of amides is 1. The van der Waals surface area contributed by atoms with Gasteiger partial charge in [0.1, 0.15) is 17.9 Å². The zero-order chi connectivity index (χ0) is 19.5. The van der Waals surface area contributed by atoms with Crippen molar-refractivity contribution in [2.24, 2.45) is 0 Å². The van der Waals surface area contributed by atoms with Gasteiger partial charge in [-0.3, -0.25) is 9.69 Å². The first-order valence-corrected chi connectivity index (χ1v) is 9.18. The number of hydrogen-bond acceptors (Lipinski definition) is 7. The number of carbonyl (C=O) groups is 1. The van der Waals surface area contributed by atoms with E-state index in [2.05, 4.69) is 19.9 Å². The Morgan fingerprint density at radius 3 is 2.89 bits per heavy atom. The summed E-state index contributed by atoms with van der Waals surface area (Å²) in [6.07, 6.45) is 3.97. The Morgan fingerprint density at radius 2 is 2.11 bits per heavy atom. The molecule has 0 bridgehead atoms. The number of aromatic nitrogens is 3. The maximum absolute atomic E-state index is 12.8. The molecule has 3 heterocycles. The van der Waals surface area contributed by atoms with Gasteiger partial charge in [-0.05, 0) is 31.7 Å². The first-order chi connectivity index (χ1) is 13.6. The maximum atomic E-state index is 12.8. The van der Waals surface area contributed by atoms with Crippen molar-refractivity contribution < 1.29 is 9.21 Å². The molecule has 4 rings (SSSR count). The normalized spacial score (nSPS) is 16.6. The van der Waals surface area contributed by atoms with Gasteiger partial charge in [0.15, 0.2) is 5.69 Å². The molecule has 1 amide bonds. The van der Waals surface area contributed by atoms with Crippen molar-refractivity contribution in [2.45, 2.75) is 19.0 Å². The summed E-state index contributed by atoms with van der Waals surface area (Å²) in [5.41, 5.74) is 6.90. The van der Waals surface area contributed by atoms with E-state index in [9.17, 15) is 4.79 Å². The van der Waals surface area contributed by atoms with Crippen LogP contribution >= 0.6 is 0 Å². The third-order valence-corrected chi connectivity index (χ3v) is 4.94. The van der Waals surface area contributed by atoms with Crippen LogP contribution in [-0.2, 0) is 6.54 Å². The lowest BCUT2D eigenvalue weighted by molar-refractivity contribution is 0.0773. The van der Waals surface area contributed by atoms with E-state index in [0.29, 0.717) is 42.9 Å². The monoisotopic (exact) mass is 378 g/mol. The molecule has 144 valence electrons. The van der Waals surface area contributed by atoms with Crippen LogP contribution in [0.5, 0.6) is 0 Å². The van der Waals surface area contributed by atoms with E-state index >= 15 is 0 Å².